The molecule has 14 heavy (non-hydrogen) atoms. The van der Waals surface area contributed by atoms with Gasteiger partial charge in [0.2, 0.25) is 5.91 Å². The number of hydrogen-bond donors (Lipinski definition) is 2. The van der Waals surface area contributed by atoms with Crippen LogP contribution in [0.2, 0.25) is 0 Å². The summed E-state index contributed by atoms with van der Waals surface area (Å²) in [6, 6.07) is 7.00. The van der Waals surface area contributed by atoms with Crippen LogP contribution in [0.4, 0.5) is 0 Å². The van der Waals surface area contributed by atoms with Crippen LogP contribution in [-0.4, -0.2) is 19.1 Å². The van der Waals surface area contributed by atoms with E-state index < -0.39 is 5.91 Å². The molecule has 1 aromatic rings. The van der Waals surface area contributed by atoms with Crippen LogP contribution in [0.5, 0.6) is 0 Å². The van der Waals surface area contributed by atoms with Crippen LogP contribution >= 0.6 is 0 Å². The molecule has 0 aromatic heterocycles. The summed E-state index contributed by atoms with van der Waals surface area (Å²) in [5.41, 5.74) is 11.9. The third-order valence-electron chi connectivity index (χ3n) is 1.77. The normalized spacial score (nSPS) is 10.1. The van der Waals surface area contributed by atoms with E-state index in [9.17, 15) is 4.79 Å². The molecule has 76 valence electrons. The van der Waals surface area contributed by atoms with Crippen molar-refractivity contribution >= 4 is 5.91 Å². The van der Waals surface area contributed by atoms with Crippen molar-refractivity contribution in [2.75, 3.05) is 13.2 Å². The summed E-state index contributed by atoms with van der Waals surface area (Å²) in [6.07, 6.45) is 0. The summed E-state index contributed by atoms with van der Waals surface area (Å²) >= 11 is 0. The van der Waals surface area contributed by atoms with E-state index in [1.807, 2.05) is 12.1 Å². The summed E-state index contributed by atoms with van der Waals surface area (Å²) < 4.78 is 5.23. The molecule has 1 amide bonds. The van der Waals surface area contributed by atoms with E-state index in [-0.39, 0.29) is 0 Å². The molecule has 0 aliphatic heterocycles. The van der Waals surface area contributed by atoms with Crippen LogP contribution in [0.3, 0.4) is 0 Å². The Morgan fingerprint density at radius 2 is 1.93 bits per heavy atom. The van der Waals surface area contributed by atoms with E-state index in [1.54, 1.807) is 12.1 Å². The van der Waals surface area contributed by atoms with Gasteiger partial charge in [-0.05, 0) is 17.7 Å². The number of nitrogens with two attached hydrogens (primary N) is 2. The minimum Gasteiger partial charge on any atom is -0.375 e. The maximum Gasteiger partial charge on any atom is 0.248 e. The molecule has 0 saturated carbocycles. The number of carbonyl (C=O) groups is 1. The number of carbonyl (C=O) groups excluding carboxylic acids is 1. The number of rotatable bonds is 5. The summed E-state index contributed by atoms with van der Waals surface area (Å²) in [7, 11) is 0. The van der Waals surface area contributed by atoms with Gasteiger partial charge < -0.3 is 16.2 Å². The first kappa shape index (κ1) is 10.7. The van der Waals surface area contributed by atoms with Crippen molar-refractivity contribution < 1.29 is 9.53 Å². The molecule has 0 bridgehead atoms. The first-order valence-corrected chi connectivity index (χ1v) is 4.40. The second-order valence-corrected chi connectivity index (χ2v) is 2.90. The zero-order valence-corrected chi connectivity index (χ0v) is 7.90. The number of ether oxygens (including phenoxy) is 1. The van der Waals surface area contributed by atoms with Crippen molar-refractivity contribution in [3.05, 3.63) is 35.4 Å². The van der Waals surface area contributed by atoms with Gasteiger partial charge in [-0.3, -0.25) is 4.79 Å². The van der Waals surface area contributed by atoms with E-state index in [0.717, 1.165) is 5.56 Å². The zero-order valence-electron chi connectivity index (χ0n) is 7.90. The molecule has 4 nitrogen and oxygen atoms in total. The molecule has 1 rings (SSSR count). The lowest BCUT2D eigenvalue weighted by Crippen LogP contribution is -2.11. The first-order valence-electron chi connectivity index (χ1n) is 4.40. The van der Waals surface area contributed by atoms with Gasteiger partial charge in [-0.2, -0.15) is 0 Å². The van der Waals surface area contributed by atoms with Gasteiger partial charge in [0.05, 0.1) is 13.2 Å². The van der Waals surface area contributed by atoms with Crippen LogP contribution in [0.25, 0.3) is 0 Å². The van der Waals surface area contributed by atoms with Crippen LogP contribution in [-0.2, 0) is 11.3 Å². The van der Waals surface area contributed by atoms with Gasteiger partial charge in [0, 0.05) is 12.1 Å². The monoisotopic (exact) mass is 194 g/mol. The molecule has 4 N–H and O–H groups in total. The highest BCUT2D eigenvalue weighted by atomic mass is 16.5. The van der Waals surface area contributed by atoms with E-state index in [4.69, 9.17) is 16.2 Å². The molecule has 4 heteroatoms. The van der Waals surface area contributed by atoms with E-state index >= 15 is 0 Å². The predicted octanol–water partition coefficient (Wildman–Crippen LogP) is 0.261. The van der Waals surface area contributed by atoms with Crippen LogP contribution in [0, 0.1) is 0 Å². The summed E-state index contributed by atoms with van der Waals surface area (Å²) in [5, 5.41) is 0. The average molecular weight is 194 g/mol. The molecule has 0 spiro atoms. The van der Waals surface area contributed by atoms with Crippen molar-refractivity contribution in [2.24, 2.45) is 11.5 Å². The van der Waals surface area contributed by atoms with Gasteiger partial charge in [0.1, 0.15) is 0 Å². The Morgan fingerprint density at radius 1 is 1.29 bits per heavy atom. The smallest absolute Gasteiger partial charge is 0.248 e. The van der Waals surface area contributed by atoms with Crippen molar-refractivity contribution in [2.45, 2.75) is 6.61 Å². The molecule has 0 aliphatic rings. The maximum atomic E-state index is 10.7. The largest absolute Gasteiger partial charge is 0.375 e. The van der Waals surface area contributed by atoms with Gasteiger partial charge in [-0.25, -0.2) is 0 Å². The fraction of sp³-hybridized carbons (Fsp3) is 0.300. The molecule has 0 fully saturated rings. The van der Waals surface area contributed by atoms with Crippen molar-refractivity contribution in [3.8, 4) is 0 Å². The van der Waals surface area contributed by atoms with Gasteiger partial charge in [-0.1, -0.05) is 12.1 Å². The Balaban J connectivity index is 2.51. The second kappa shape index (κ2) is 5.36. The van der Waals surface area contributed by atoms with Crippen molar-refractivity contribution in [3.63, 3.8) is 0 Å². The molecular weight excluding hydrogens is 180 g/mol. The summed E-state index contributed by atoms with van der Waals surface area (Å²) in [4.78, 5) is 10.7. The lowest BCUT2D eigenvalue weighted by molar-refractivity contribution is 0.1000. The highest BCUT2D eigenvalue weighted by Crippen LogP contribution is 2.04. The molecule has 0 saturated heterocycles. The molecule has 0 aliphatic carbocycles. The van der Waals surface area contributed by atoms with E-state index in [0.29, 0.717) is 25.3 Å². The van der Waals surface area contributed by atoms with Gasteiger partial charge in [0.25, 0.3) is 0 Å². The Hall–Kier alpha value is -1.39. The van der Waals surface area contributed by atoms with Crippen molar-refractivity contribution in [1.29, 1.82) is 0 Å². The lowest BCUT2D eigenvalue weighted by Gasteiger charge is -2.02. The quantitative estimate of drug-likeness (QED) is 0.660. The highest BCUT2D eigenvalue weighted by Gasteiger charge is 1.99. The third-order valence-corrected chi connectivity index (χ3v) is 1.77. The van der Waals surface area contributed by atoms with Crippen LogP contribution in [0.15, 0.2) is 24.3 Å². The van der Waals surface area contributed by atoms with E-state index in [2.05, 4.69) is 0 Å². The van der Waals surface area contributed by atoms with Gasteiger partial charge >= 0.3 is 0 Å². The Morgan fingerprint density at radius 3 is 2.43 bits per heavy atom. The zero-order chi connectivity index (χ0) is 10.4. The predicted molar refractivity (Wildman–Crippen MR) is 53.7 cm³/mol. The molecular formula is C10H14N2O2. The topological polar surface area (TPSA) is 78.3 Å². The number of benzene rings is 1. The number of amides is 1. The summed E-state index contributed by atoms with van der Waals surface area (Å²) in [6.45, 7) is 1.56. The fourth-order valence-electron chi connectivity index (χ4n) is 1.04. The molecule has 0 unspecified atom stereocenters. The molecule has 0 radical (unpaired) electrons. The minimum atomic E-state index is -0.417. The Kier molecular flexibility index (Phi) is 4.10. The maximum absolute atomic E-state index is 10.7. The third kappa shape index (κ3) is 3.16. The Bertz CT molecular complexity index is 295. The van der Waals surface area contributed by atoms with Gasteiger partial charge in [-0.15, -0.1) is 0 Å². The van der Waals surface area contributed by atoms with Gasteiger partial charge in [0.15, 0.2) is 0 Å². The average Bonchev–Trinajstić information content (AvgIpc) is 2.19. The molecule has 0 atom stereocenters. The Labute approximate surface area is 82.8 Å². The standard InChI is InChI=1S/C10H14N2O2/c11-5-6-14-7-8-1-3-9(4-2-8)10(12)13/h1-4H,5-7,11H2,(H2,12,13). The first-order chi connectivity index (χ1) is 6.74. The minimum absolute atomic E-state index is 0.417. The highest BCUT2D eigenvalue weighted by molar-refractivity contribution is 5.92. The molecule has 1 aromatic carbocycles. The number of hydrogen-bond acceptors (Lipinski definition) is 3. The van der Waals surface area contributed by atoms with Crippen LogP contribution < -0.4 is 11.5 Å². The molecule has 0 heterocycles. The second-order valence-electron chi connectivity index (χ2n) is 2.90. The van der Waals surface area contributed by atoms with Crippen molar-refractivity contribution in [1.82, 2.24) is 0 Å². The summed E-state index contributed by atoms with van der Waals surface area (Å²) in [5.74, 6) is -0.417. The van der Waals surface area contributed by atoms with Crippen LogP contribution in [0.1, 0.15) is 15.9 Å². The van der Waals surface area contributed by atoms with E-state index in [1.165, 1.54) is 0 Å². The lowest BCUT2D eigenvalue weighted by atomic mass is 10.1. The number of primary amides is 1. The fourth-order valence-corrected chi connectivity index (χ4v) is 1.04. The SMILES string of the molecule is NCCOCc1ccc(C(N)=O)cc1.